The van der Waals surface area contributed by atoms with E-state index in [1.54, 1.807) is 29.9 Å². The number of nitrogens with one attached hydrogen (secondary N) is 1. The van der Waals surface area contributed by atoms with Crippen molar-refractivity contribution < 1.29 is 19.2 Å². The molecule has 0 saturated carbocycles. The Labute approximate surface area is 174 Å². The average molecular weight is 407 g/mol. The molecule has 1 aromatic heterocycles. The molecule has 1 aromatic carbocycles. The minimum Gasteiger partial charge on any atom is -0.532 e. The van der Waals surface area contributed by atoms with Crippen LogP contribution in [0.4, 0.5) is 11.5 Å². The van der Waals surface area contributed by atoms with E-state index in [0.717, 1.165) is 5.56 Å². The lowest BCUT2D eigenvalue weighted by molar-refractivity contribution is 0.0253. The van der Waals surface area contributed by atoms with Gasteiger partial charge in [0.1, 0.15) is 11.3 Å². The summed E-state index contributed by atoms with van der Waals surface area (Å²) in [5.74, 6) is 0.199. The largest absolute Gasteiger partial charge is 0.555 e. The van der Waals surface area contributed by atoms with Crippen molar-refractivity contribution >= 4 is 30.6 Å². The SMILES string of the molecule is CC1=Cc2cc(Nc3nn(CC4COCCC4C#N)cc3C(N)=O)ccc2OB1O. The molecule has 10 heteroatoms. The molecule has 1 fully saturated rings. The van der Waals surface area contributed by atoms with Crippen LogP contribution in [0, 0.1) is 23.2 Å². The Morgan fingerprint density at radius 1 is 1.53 bits per heavy atom. The number of carbonyl (C=O) groups is 1. The second kappa shape index (κ2) is 8.22. The molecule has 4 rings (SSSR count). The van der Waals surface area contributed by atoms with Crippen LogP contribution in [0.15, 0.2) is 29.9 Å². The summed E-state index contributed by atoms with van der Waals surface area (Å²) < 4.78 is 12.6. The number of amides is 1. The third-order valence-corrected chi connectivity index (χ3v) is 5.37. The van der Waals surface area contributed by atoms with Gasteiger partial charge in [-0.2, -0.15) is 10.4 Å². The Morgan fingerprint density at radius 2 is 2.37 bits per heavy atom. The van der Waals surface area contributed by atoms with Gasteiger partial charge in [-0.1, -0.05) is 6.08 Å². The minimum absolute atomic E-state index is 0.00217. The highest BCUT2D eigenvalue weighted by atomic mass is 16.5. The van der Waals surface area contributed by atoms with Crippen LogP contribution in [0.3, 0.4) is 0 Å². The highest BCUT2D eigenvalue weighted by molar-refractivity contribution is 6.54. The van der Waals surface area contributed by atoms with Gasteiger partial charge in [0, 0.05) is 36.5 Å². The quantitative estimate of drug-likeness (QED) is 0.642. The van der Waals surface area contributed by atoms with Crippen LogP contribution in [0.25, 0.3) is 6.08 Å². The Hall–Kier alpha value is -3.29. The third-order valence-electron chi connectivity index (χ3n) is 5.37. The van der Waals surface area contributed by atoms with Crippen LogP contribution >= 0.6 is 0 Å². The number of carbonyl (C=O) groups excluding carboxylic acids is 1. The predicted molar refractivity (Wildman–Crippen MR) is 111 cm³/mol. The van der Waals surface area contributed by atoms with Crippen LogP contribution in [0.2, 0.25) is 0 Å². The maximum Gasteiger partial charge on any atom is 0.555 e. The van der Waals surface area contributed by atoms with Crippen LogP contribution in [-0.2, 0) is 11.3 Å². The topological polar surface area (TPSA) is 135 Å². The van der Waals surface area contributed by atoms with Gasteiger partial charge in [0.05, 0.1) is 18.6 Å². The summed E-state index contributed by atoms with van der Waals surface area (Å²) >= 11 is 0. The van der Waals surface area contributed by atoms with Gasteiger partial charge in [-0.15, -0.1) is 0 Å². The molecule has 2 unspecified atom stereocenters. The zero-order valence-corrected chi connectivity index (χ0v) is 16.5. The fourth-order valence-electron chi connectivity index (χ4n) is 3.69. The number of primary amides is 1. The van der Waals surface area contributed by atoms with Crippen LogP contribution in [0.1, 0.15) is 29.3 Å². The Kier molecular flexibility index (Phi) is 5.48. The van der Waals surface area contributed by atoms with E-state index in [1.165, 1.54) is 0 Å². The molecule has 30 heavy (non-hydrogen) atoms. The van der Waals surface area contributed by atoms with E-state index >= 15 is 0 Å². The number of nitrogens with zero attached hydrogens (tertiary/aromatic N) is 3. The van der Waals surface area contributed by atoms with E-state index < -0.39 is 13.0 Å². The highest BCUT2D eigenvalue weighted by Crippen LogP contribution is 2.31. The number of rotatable bonds is 5. The predicted octanol–water partition coefficient (Wildman–Crippen LogP) is 1.72. The molecule has 0 aliphatic carbocycles. The zero-order valence-electron chi connectivity index (χ0n) is 16.5. The number of nitriles is 1. The van der Waals surface area contributed by atoms with Crippen molar-refractivity contribution in [2.45, 2.75) is 19.9 Å². The third kappa shape index (κ3) is 4.03. The summed E-state index contributed by atoms with van der Waals surface area (Å²) in [4.78, 5) is 11.9. The number of allylic oxidation sites excluding steroid dienone is 1. The second-order valence-corrected chi connectivity index (χ2v) is 7.57. The van der Waals surface area contributed by atoms with Crippen LogP contribution in [0.5, 0.6) is 5.75 Å². The first-order valence-electron chi connectivity index (χ1n) is 9.73. The van der Waals surface area contributed by atoms with Crippen molar-refractivity contribution in [3.63, 3.8) is 0 Å². The van der Waals surface area contributed by atoms with E-state index in [9.17, 15) is 15.1 Å². The van der Waals surface area contributed by atoms with E-state index in [4.69, 9.17) is 15.1 Å². The molecule has 1 amide bonds. The average Bonchev–Trinajstić information content (AvgIpc) is 3.12. The zero-order chi connectivity index (χ0) is 21.3. The molecule has 4 N–H and O–H groups in total. The molecule has 154 valence electrons. The smallest absolute Gasteiger partial charge is 0.532 e. The molecular weight excluding hydrogens is 385 g/mol. The monoisotopic (exact) mass is 407 g/mol. The first-order valence-corrected chi connectivity index (χ1v) is 9.73. The summed E-state index contributed by atoms with van der Waals surface area (Å²) in [6.07, 6.45) is 4.12. The Balaban J connectivity index is 1.57. The summed E-state index contributed by atoms with van der Waals surface area (Å²) in [7, 11) is -0.950. The molecular formula is C20H22BN5O4. The van der Waals surface area contributed by atoms with Crippen molar-refractivity contribution in [1.82, 2.24) is 9.78 Å². The Morgan fingerprint density at radius 3 is 3.13 bits per heavy atom. The normalized spacial score (nSPS) is 20.6. The number of anilines is 2. The molecule has 1 saturated heterocycles. The van der Waals surface area contributed by atoms with Gasteiger partial charge in [0.2, 0.25) is 0 Å². The fourth-order valence-corrected chi connectivity index (χ4v) is 3.69. The van der Waals surface area contributed by atoms with Gasteiger partial charge in [-0.25, -0.2) is 0 Å². The van der Waals surface area contributed by atoms with Gasteiger partial charge in [0.15, 0.2) is 5.82 Å². The van der Waals surface area contributed by atoms with E-state index in [0.29, 0.717) is 48.9 Å². The van der Waals surface area contributed by atoms with Crippen molar-refractivity contribution in [2.24, 2.45) is 17.6 Å². The maximum absolute atomic E-state index is 11.9. The number of nitrogens with two attached hydrogens (primary N) is 1. The van der Waals surface area contributed by atoms with Crippen molar-refractivity contribution in [3.8, 4) is 11.8 Å². The standard InChI is InChI=1S/C20H22BN5O4/c1-12-6-14-7-16(2-3-18(14)30-21(12)28)24-20-17(19(23)27)10-26(25-20)9-15-11-29-5-4-13(15)8-22/h2-3,6-7,10,13,15,28H,4-5,9,11H2,1H3,(H2,23,27)(H,24,25). The van der Waals surface area contributed by atoms with E-state index in [1.807, 2.05) is 12.1 Å². The lowest BCUT2D eigenvalue weighted by Gasteiger charge is -2.26. The van der Waals surface area contributed by atoms with Crippen molar-refractivity contribution in [2.75, 3.05) is 18.5 Å². The van der Waals surface area contributed by atoms with E-state index in [-0.39, 0.29) is 17.4 Å². The van der Waals surface area contributed by atoms with Crippen LogP contribution in [-0.4, -0.2) is 41.0 Å². The molecule has 2 aromatic rings. The molecule has 0 spiro atoms. The number of hydrogen-bond acceptors (Lipinski definition) is 7. The molecule has 0 radical (unpaired) electrons. The maximum atomic E-state index is 11.9. The number of hydrogen-bond donors (Lipinski definition) is 3. The Bertz CT molecular complexity index is 1040. The van der Waals surface area contributed by atoms with Gasteiger partial charge >= 0.3 is 7.12 Å². The van der Waals surface area contributed by atoms with Gasteiger partial charge in [0.25, 0.3) is 5.91 Å². The summed E-state index contributed by atoms with van der Waals surface area (Å²) in [6.45, 7) is 3.30. The van der Waals surface area contributed by atoms with E-state index in [2.05, 4.69) is 16.5 Å². The van der Waals surface area contributed by atoms with Gasteiger partial charge < -0.3 is 25.5 Å². The first-order chi connectivity index (χ1) is 14.4. The van der Waals surface area contributed by atoms with Crippen molar-refractivity contribution in [3.05, 3.63) is 41.0 Å². The lowest BCUT2D eigenvalue weighted by Crippen LogP contribution is -2.30. The highest BCUT2D eigenvalue weighted by Gasteiger charge is 2.27. The number of aromatic nitrogens is 2. The molecule has 0 bridgehead atoms. The molecule has 2 aliphatic rings. The summed E-state index contributed by atoms with van der Waals surface area (Å²) in [6, 6.07) is 7.68. The molecule has 2 atom stereocenters. The number of benzene rings is 1. The first kappa shape index (κ1) is 20.0. The number of fused-ring (bicyclic) bond motifs is 1. The minimum atomic E-state index is -0.950. The number of ether oxygens (including phenoxy) is 1. The fraction of sp³-hybridized carbons (Fsp3) is 0.350. The lowest BCUT2D eigenvalue weighted by atomic mass is 9.76. The molecule has 2 aliphatic heterocycles. The summed E-state index contributed by atoms with van der Waals surface area (Å²) in [5, 5.41) is 26.8. The summed E-state index contributed by atoms with van der Waals surface area (Å²) in [5.41, 5.74) is 8.00. The molecule has 9 nitrogen and oxygen atoms in total. The van der Waals surface area contributed by atoms with Gasteiger partial charge in [-0.05, 0) is 37.0 Å². The van der Waals surface area contributed by atoms with Crippen LogP contribution < -0.4 is 15.7 Å². The molecule has 3 heterocycles. The van der Waals surface area contributed by atoms with Gasteiger partial charge in [-0.3, -0.25) is 9.48 Å². The van der Waals surface area contributed by atoms with Crippen molar-refractivity contribution in [1.29, 1.82) is 5.26 Å². The second-order valence-electron chi connectivity index (χ2n) is 7.57.